The van der Waals surface area contributed by atoms with Gasteiger partial charge in [-0.1, -0.05) is 121 Å². The van der Waals surface area contributed by atoms with Crippen molar-refractivity contribution in [3.63, 3.8) is 0 Å². The molecule has 0 spiro atoms. The molecule has 1 aliphatic rings. The van der Waals surface area contributed by atoms with Crippen LogP contribution in [0.3, 0.4) is 0 Å². The van der Waals surface area contributed by atoms with Gasteiger partial charge in [0.05, 0.1) is 34.5 Å². The van der Waals surface area contributed by atoms with Gasteiger partial charge in [0.25, 0.3) is 0 Å². The lowest BCUT2D eigenvalue weighted by Crippen LogP contribution is -2.45. The minimum absolute atomic E-state index is 0. The van der Waals surface area contributed by atoms with E-state index in [0.29, 0.717) is 17.0 Å². The van der Waals surface area contributed by atoms with Crippen LogP contribution in [0, 0.1) is 5.82 Å². The van der Waals surface area contributed by atoms with E-state index in [-0.39, 0.29) is 41.5 Å². The Kier molecular flexibility index (Phi) is 16.9. The molecular weight excluding hydrogens is 622 g/mol. The number of carbonyl (C=O) groups is 2. The summed E-state index contributed by atoms with van der Waals surface area (Å²) < 4.78 is 41.2. The van der Waals surface area contributed by atoms with E-state index in [1.165, 1.54) is 81.6 Å². The molecule has 0 saturated carbocycles. The third-order valence-corrected chi connectivity index (χ3v) is 10.3. The molecule has 0 aromatic heterocycles. The monoisotopic (exact) mass is 670 g/mol. The van der Waals surface area contributed by atoms with Crippen molar-refractivity contribution in [2.45, 2.75) is 127 Å². The normalized spacial score (nSPS) is 15.9. The number of ketones is 1. The van der Waals surface area contributed by atoms with E-state index < -0.39 is 39.1 Å². The lowest BCUT2D eigenvalue weighted by Gasteiger charge is -2.25. The Bertz CT molecular complexity index is 1310. The highest BCUT2D eigenvalue weighted by Crippen LogP contribution is 2.34. The van der Waals surface area contributed by atoms with Crippen molar-refractivity contribution in [3.05, 3.63) is 58.4 Å². The second-order valence-corrected chi connectivity index (χ2v) is 14.3. The molecule has 1 atom stereocenters. The second-order valence-electron chi connectivity index (χ2n) is 11.9. The highest BCUT2D eigenvalue weighted by molar-refractivity contribution is 7.91. The summed E-state index contributed by atoms with van der Waals surface area (Å²) in [6, 6.07) is 7.51. The molecule has 0 bridgehead atoms. The summed E-state index contributed by atoms with van der Waals surface area (Å²) in [5.41, 5.74) is 6.42. The number of anilines is 1. The van der Waals surface area contributed by atoms with Gasteiger partial charge in [-0.05, 0) is 36.2 Å². The summed E-state index contributed by atoms with van der Waals surface area (Å²) in [7, 11) is -4.06. The van der Waals surface area contributed by atoms with E-state index in [1.807, 2.05) is 0 Å². The summed E-state index contributed by atoms with van der Waals surface area (Å²) >= 11 is 5.98. The highest BCUT2D eigenvalue weighted by atomic mass is 35.5. The zero-order valence-electron chi connectivity index (χ0n) is 26.0. The predicted molar refractivity (Wildman–Crippen MR) is 180 cm³/mol. The molecule has 6 nitrogen and oxygen atoms in total. The maximum atomic E-state index is 15.2. The Morgan fingerprint density at radius 2 is 1.39 bits per heavy atom. The zero-order valence-corrected chi connectivity index (χ0v) is 28.4. The molecule has 10 heteroatoms. The SMILES string of the molecule is CCCCCCCCCCCCCCCCCC(=O)c1cc2c(cc1F)S(=O)(=O)C[C@H](N)C(=O)N2Cc1ccc(Cl)cc1.Cl. The molecule has 0 saturated heterocycles. The van der Waals surface area contributed by atoms with E-state index in [2.05, 4.69) is 6.92 Å². The summed E-state index contributed by atoms with van der Waals surface area (Å²) in [4.78, 5) is 27.1. The van der Waals surface area contributed by atoms with E-state index in [1.54, 1.807) is 24.3 Å². The van der Waals surface area contributed by atoms with E-state index in [4.69, 9.17) is 17.3 Å². The number of hydrogen-bond acceptors (Lipinski definition) is 5. The fourth-order valence-corrected chi connectivity index (χ4v) is 7.35. The Balaban J connectivity index is 0.00000675. The quantitative estimate of drug-likeness (QED) is 0.119. The summed E-state index contributed by atoms with van der Waals surface area (Å²) in [6.07, 6.45) is 18.3. The van der Waals surface area contributed by atoms with Crippen molar-refractivity contribution >= 4 is 51.2 Å². The molecule has 0 fully saturated rings. The van der Waals surface area contributed by atoms with Gasteiger partial charge < -0.3 is 10.6 Å². The van der Waals surface area contributed by atoms with Crippen LogP contribution in [-0.4, -0.2) is 31.9 Å². The number of sulfone groups is 1. The predicted octanol–water partition coefficient (Wildman–Crippen LogP) is 8.99. The lowest BCUT2D eigenvalue weighted by atomic mass is 10.0. The largest absolute Gasteiger partial charge is 0.319 e. The number of nitrogens with zero attached hydrogens (tertiary/aromatic N) is 1. The first kappa shape index (κ1) is 38.2. The third-order valence-electron chi connectivity index (χ3n) is 8.22. The first-order valence-electron chi connectivity index (χ1n) is 16.0. The standard InChI is InChI=1S/C34H48ClFN2O4S.ClH/c1-2-3-4-5-6-7-8-9-10-11-12-13-14-15-16-17-32(39)28-22-31-33(23-29(28)36)43(41,42)25-30(37)34(40)38(31)24-26-18-20-27(35)21-19-26;/h18-23,30H,2-17,24-25,37H2,1H3;1H/t30-;/m0./s1. The van der Waals surface area contributed by atoms with Gasteiger partial charge in [0.2, 0.25) is 5.91 Å². The maximum absolute atomic E-state index is 15.2. The summed E-state index contributed by atoms with van der Waals surface area (Å²) in [6.45, 7) is 2.25. The van der Waals surface area contributed by atoms with Crippen LogP contribution in [-0.2, 0) is 21.2 Å². The third kappa shape index (κ3) is 11.7. The van der Waals surface area contributed by atoms with Crippen LogP contribution in [0.15, 0.2) is 41.3 Å². The summed E-state index contributed by atoms with van der Waals surface area (Å²) in [5.74, 6) is -2.55. The molecule has 1 aliphatic heterocycles. The van der Waals surface area contributed by atoms with Crippen LogP contribution >= 0.6 is 24.0 Å². The molecule has 44 heavy (non-hydrogen) atoms. The van der Waals surface area contributed by atoms with Crippen LogP contribution < -0.4 is 10.6 Å². The Morgan fingerprint density at radius 3 is 1.91 bits per heavy atom. The minimum atomic E-state index is -4.06. The second kappa shape index (κ2) is 19.5. The molecule has 1 heterocycles. The number of fused-ring (bicyclic) bond motifs is 1. The average Bonchev–Trinajstić information content (AvgIpc) is 3.04. The molecule has 0 aliphatic carbocycles. The topological polar surface area (TPSA) is 97.5 Å². The van der Waals surface area contributed by atoms with Crippen molar-refractivity contribution in [1.29, 1.82) is 0 Å². The number of unbranched alkanes of at least 4 members (excludes halogenated alkanes) is 14. The molecule has 2 aromatic carbocycles. The highest BCUT2D eigenvalue weighted by Gasteiger charge is 2.37. The molecule has 3 rings (SSSR count). The first-order valence-corrected chi connectivity index (χ1v) is 18.1. The number of halogens is 3. The van der Waals surface area contributed by atoms with Gasteiger partial charge >= 0.3 is 0 Å². The Morgan fingerprint density at radius 1 is 0.886 bits per heavy atom. The molecule has 246 valence electrons. The van der Waals surface area contributed by atoms with Crippen LogP contribution in [0.25, 0.3) is 0 Å². The molecule has 0 unspecified atom stereocenters. The van der Waals surface area contributed by atoms with Crippen LogP contribution in [0.2, 0.25) is 5.02 Å². The van der Waals surface area contributed by atoms with Gasteiger partial charge in [-0.2, -0.15) is 0 Å². The fourth-order valence-electron chi connectivity index (χ4n) is 5.66. The van der Waals surface area contributed by atoms with Gasteiger partial charge in [-0.3, -0.25) is 9.59 Å². The fraction of sp³-hybridized carbons (Fsp3) is 0.588. The number of nitrogens with two attached hydrogens (primary N) is 1. The van der Waals surface area contributed by atoms with Crippen molar-refractivity contribution < 1.29 is 22.4 Å². The van der Waals surface area contributed by atoms with Crippen LogP contribution in [0.4, 0.5) is 10.1 Å². The van der Waals surface area contributed by atoms with Crippen molar-refractivity contribution in [1.82, 2.24) is 0 Å². The number of benzene rings is 2. The number of rotatable bonds is 19. The molecule has 1 amide bonds. The number of Topliss-reactive ketones (excluding diaryl/α,β-unsaturated/α-hetero) is 1. The Hall–Kier alpha value is -2.00. The molecule has 0 radical (unpaired) electrons. The maximum Gasteiger partial charge on any atom is 0.245 e. The minimum Gasteiger partial charge on any atom is -0.319 e. The van der Waals surface area contributed by atoms with Gasteiger partial charge in [0.1, 0.15) is 5.82 Å². The molecule has 2 aromatic rings. The van der Waals surface area contributed by atoms with Crippen molar-refractivity contribution in [3.8, 4) is 0 Å². The van der Waals surface area contributed by atoms with Crippen molar-refractivity contribution in [2.75, 3.05) is 10.7 Å². The van der Waals surface area contributed by atoms with E-state index in [0.717, 1.165) is 25.3 Å². The number of amides is 1. The number of hydrogen-bond donors (Lipinski definition) is 1. The van der Waals surface area contributed by atoms with Gasteiger partial charge in [0.15, 0.2) is 15.6 Å². The van der Waals surface area contributed by atoms with Gasteiger partial charge in [-0.25, -0.2) is 12.8 Å². The summed E-state index contributed by atoms with van der Waals surface area (Å²) in [5, 5.41) is 0.513. The lowest BCUT2D eigenvalue weighted by molar-refractivity contribution is -0.119. The zero-order chi connectivity index (χ0) is 31.2. The van der Waals surface area contributed by atoms with Crippen LogP contribution in [0.1, 0.15) is 126 Å². The van der Waals surface area contributed by atoms with E-state index in [9.17, 15) is 18.0 Å². The number of carbonyl (C=O) groups excluding carboxylic acids is 2. The molecule has 2 N–H and O–H groups in total. The van der Waals surface area contributed by atoms with Crippen molar-refractivity contribution in [2.24, 2.45) is 5.73 Å². The first-order chi connectivity index (χ1) is 20.6. The smallest absolute Gasteiger partial charge is 0.245 e. The van der Waals surface area contributed by atoms with E-state index >= 15 is 4.39 Å². The molecular formula is C34H49Cl2FN2O4S. The van der Waals surface area contributed by atoms with Crippen LogP contribution in [0.5, 0.6) is 0 Å². The Labute approximate surface area is 274 Å². The average molecular weight is 672 g/mol. The van der Waals surface area contributed by atoms with Gasteiger partial charge in [-0.15, -0.1) is 12.4 Å². The van der Waals surface area contributed by atoms with Gasteiger partial charge in [0, 0.05) is 11.4 Å².